The van der Waals surface area contributed by atoms with E-state index in [2.05, 4.69) is 15.5 Å². The van der Waals surface area contributed by atoms with E-state index in [4.69, 9.17) is 4.74 Å². The SMILES string of the molecule is COc1ccc(CNC(=O)c2nn(-c3ccccc3)nc2CO)cc1. The van der Waals surface area contributed by atoms with Crippen LogP contribution in [0.4, 0.5) is 0 Å². The molecule has 0 aliphatic rings. The lowest BCUT2D eigenvalue weighted by Crippen LogP contribution is -2.24. The number of aromatic nitrogens is 3. The van der Waals surface area contributed by atoms with Crippen LogP contribution in [-0.4, -0.2) is 33.1 Å². The van der Waals surface area contributed by atoms with Gasteiger partial charge in [-0.05, 0) is 29.8 Å². The zero-order valence-corrected chi connectivity index (χ0v) is 13.7. The summed E-state index contributed by atoms with van der Waals surface area (Å²) in [7, 11) is 1.60. The molecule has 2 N–H and O–H groups in total. The highest BCUT2D eigenvalue weighted by atomic mass is 16.5. The molecule has 0 radical (unpaired) electrons. The van der Waals surface area contributed by atoms with Gasteiger partial charge in [0.25, 0.3) is 5.91 Å². The van der Waals surface area contributed by atoms with Crippen LogP contribution < -0.4 is 10.1 Å². The maximum Gasteiger partial charge on any atom is 0.274 e. The van der Waals surface area contributed by atoms with E-state index in [1.54, 1.807) is 7.11 Å². The number of ether oxygens (including phenoxy) is 1. The zero-order valence-electron chi connectivity index (χ0n) is 13.7. The molecule has 25 heavy (non-hydrogen) atoms. The van der Waals surface area contributed by atoms with Gasteiger partial charge in [-0.25, -0.2) is 0 Å². The lowest BCUT2D eigenvalue weighted by atomic mass is 10.2. The molecule has 0 saturated heterocycles. The molecule has 2 aromatic carbocycles. The van der Waals surface area contributed by atoms with Crippen LogP contribution >= 0.6 is 0 Å². The standard InChI is InChI=1S/C18H18N4O3/c1-25-15-9-7-13(8-10-15)11-19-18(24)17-16(12-23)20-22(21-17)14-5-3-2-4-6-14/h2-10,23H,11-12H2,1H3,(H,19,24). The van der Waals surface area contributed by atoms with Gasteiger partial charge in [0.1, 0.15) is 11.4 Å². The third-order valence-corrected chi connectivity index (χ3v) is 3.65. The first-order valence-electron chi connectivity index (χ1n) is 7.75. The van der Waals surface area contributed by atoms with E-state index in [1.807, 2.05) is 54.6 Å². The minimum Gasteiger partial charge on any atom is -0.497 e. The van der Waals surface area contributed by atoms with Crippen molar-refractivity contribution in [1.82, 2.24) is 20.3 Å². The summed E-state index contributed by atoms with van der Waals surface area (Å²) in [5.74, 6) is 0.366. The number of rotatable bonds is 6. The molecule has 0 fully saturated rings. The number of hydrogen-bond donors (Lipinski definition) is 2. The van der Waals surface area contributed by atoms with Crippen molar-refractivity contribution in [2.75, 3.05) is 7.11 Å². The predicted octanol–water partition coefficient (Wildman–Crippen LogP) is 1.70. The molecule has 0 aliphatic heterocycles. The molecule has 0 atom stereocenters. The van der Waals surface area contributed by atoms with Crippen LogP contribution in [-0.2, 0) is 13.2 Å². The molecule has 7 nitrogen and oxygen atoms in total. The molecule has 0 unspecified atom stereocenters. The van der Waals surface area contributed by atoms with Crippen LogP contribution in [0.1, 0.15) is 21.7 Å². The van der Waals surface area contributed by atoms with Crippen molar-refractivity contribution in [2.24, 2.45) is 0 Å². The van der Waals surface area contributed by atoms with Crippen LogP contribution in [0.2, 0.25) is 0 Å². The molecule has 1 amide bonds. The first-order chi connectivity index (χ1) is 12.2. The van der Waals surface area contributed by atoms with Crippen molar-refractivity contribution in [2.45, 2.75) is 13.2 Å². The van der Waals surface area contributed by atoms with Gasteiger partial charge in [-0.15, -0.1) is 10.2 Å². The van der Waals surface area contributed by atoms with E-state index >= 15 is 0 Å². The summed E-state index contributed by atoms with van der Waals surface area (Å²) in [6.45, 7) is -0.0238. The number of aliphatic hydroxyl groups is 1. The molecule has 3 aromatic rings. The molecule has 3 rings (SSSR count). The number of para-hydroxylation sites is 1. The zero-order chi connectivity index (χ0) is 17.6. The van der Waals surface area contributed by atoms with Crippen molar-refractivity contribution in [3.05, 3.63) is 71.5 Å². The van der Waals surface area contributed by atoms with Gasteiger partial charge < -0.3 is 15.2 Å². The summed E-state index contributed by atoms with van der Waals surface area (Å²) in [6.07, 6.45) is 0. The number of aliphatic hydroxyl groups excluding tert-OH is 1. The second kappa shape index (κ2) is 7.59. The molecule has 1 aromatic heterocycles. The maximum absolute atomic E-state index is 12.4. The van der Waals surface area contributed by atoms with Crippen LogP contribution in [0.3, 0.4) is 0 Å². The van der Waals surface area contributed by atoms with Gasteiger partial charge in [-0.2, -0.15) is 4.80 Å². The molecule has 0 saturated carbocycles. The van der Waals surface area contributed by atoms with Crippen molar-refractivity contribution in [3.63, 3.8) is 0 Å². The molecule has 0 spiro atoms. The Morgan fingerprint density at radius 3 is 2.48 bits per heavy atom. The Morgan fingerprint density at radius 2 is 1.84 bits per heavy atom. The molecule has 1 heterocycles. The highest BCUT2D eigenvalue weighted by Gasteiger charge is 2.18. The third-order valence-electron chi connectivity index (χ3n) is 3.65. The monoisotopic (exact) mass is 338 g/mol. The Kier molecular flexibility index (Phi) is 5.06. The molecule has 7 heteroatoms. The summed E-state index contributed by atoms with van der Waals surface area (Å²) < 4.78 is 5.10. The fourth-order valence-electron chi connectivity index (χ4n) is 2.31. The van der Waals surface area contributed by atoms with Crippen LogP contribution in [0.15, 0.2) is 54.6 Å². The summed E-state index contributed by atoms with van der Waals surface area (Å²) in [5, 5.41) is 20.6. The number of nitrogens with zero attached hydrogens (tertiary/aromatic N) is 3. The second-order valence-electron chi connectivity index (χ2n) is 5.31. The number of nitrogens with one attached hydrogen (secondary N) is 1. The lowest BCUT2D eigenvalue weighted by molar-refractivity contribution is 0.0942. The van der Waals surface area contributed by atoms with Crippen molar-refractivity contribution in [3.8, 4) is 11.4 Å². The van der Waals surface area contributed by atoms with Gasteiger partial charge in [-0.1, -0.05) is 30.3 Å². The number of methoxy groups -OCH3 is 1. The highest BCUT2D eigenvalue weighted by Crippen LogP contribution is 2.12. The first kappa shape index (κ1) is 16.7. The van der Waals surface area contributed by atoms with Crippen LogP contribution in [0.5, 0.6) is 5.75 Å². The summed E-state index contributed by atoms with van der Waals surface area (Å²) >= 11 is 0. The van der Waals surface area contributed by atoms with Gasteiger partial charge in [0.2, 0.25) is 0 Å². The number of amides is 1. The molecule has 0 bridgehead atoms. The first-order valence-corrected chi connectivity index (χ1v) is 7.75. The number of benzene rings is 2. The number of hydrogen-bond acceptors (Lipinski definition) is 5. The lowest BCUT2D eigenvalue weighted by Gasteiger charge is -2.05. The summed E-state index contributed by atoms with van der Waals surface area (Å²) in [6, 6.07) is 16.6. The van der Waals surface area contributed by atoms with Gasteiger partial charge in [0, 0.05) is 6.54 Å². The molecular formula is C18H18N4O3. The van der Waals surface area contributed by atoms with Crippen LogP contribution in [0.25, 0.3) is 5.69 Å². The van der Waals surface area contributed by atoms with Gasteiger partial charge >= 0.3 is 0 Å². The Balaban J connectivity index is 1.73. The van der Waals surface area contributed by atoms with Crippen molar-refractivity contribution >= 4 is 5.91 Å². The summed E-state index contributed by atoms with van der Waals surface area (Å²) in [4.78, 5) is 13.7. The van der Waals surface area contributed by atoms with Crippen molar-refractivity contribution < 1.29 is 14.6 Å². The molecular weight excluding hydrogens is 320 g/mol. The Hall–Kier alpha value is -3.19. The Morgan fingerprint density at radius 1 is 1.12 bits per heavy atom. The maximum atomic E-state index is 12.4. The van der Waals surface area contributed by atoms with E-state index in [-0.39, 0.29) is 23.9 Å². The topological polar surface area (TPSA) is 89.3 Å². The van der Waals surface area contributed by atoms with Crippen molar-refractivity contribution in [1.29, 1.82) is 0 Å². The number of carbonyl (C=O) groups is 1. The predicted molar refractivity (Wildman–Crippen MR) is 91.4 cm³/mol. The average molecular weight is 338 g/mol. The normalized spacial score (nSPS) is 10.5. The van der Waals surface area contributed by atoms with Gasteiger partial charge in [0.15, 0.2) is 5.69 Å². The largest absolute Gasteiger partial charge is 0.497 e. The smallest absolute Gasteiger partial charge is 0.274 e. The average Bonchev–Trinajstić information content (AvgIpc) is 3.12. The fraction of sp³-hybridized carbons (Fsp3) is 0.167. The van der Waals surface area contributed by atoms with E-state index in [9.17, 15) is 9.90 Å². The van der Waals surface area contributed by atoms with E-state index in [0.717, 1.165) is 11.3 Å². The van der Waals surface area contributed by atoms with Crippen LogP contribution in [0, 0.1) is 0 Å². The van der Waals surface area contributed by atoms with E-state index in [1.165, 1.54) is 4.80 Å². The van der Waals surface area contributed by atoms with Gasteiger partial charge in [0.05, 0.1) is 19.4 Å². The van der Waals surface area contributed by atoms with E-state index < -0.39 is 0 Å². The Bertz CT molecular complexity index is 845. The van der Waals surface area contributed by atoms with Gasteiger partial charge in [-0.3, -0.25) is 4.79 Å². The number of carbonyl (C=O) groups excluding carboxylic acids is 1. The van der Waals surface area contributed by atoms with E-state index in [0.29, 0.717) is 12.2 Å². The second-order valence-corrected chi connectivity index (χ2v) is 5.31. The minimum atomic E-state index is -0.387. The Labute approximate surface area is 144 Å². The third kappa shape index (κ3) is 3.84. The molecule has 128 valence electrons. The highest BCUT2D eigenvalue weighted by molar-refractivity contribution is 5.93. The molecule has 0 aliphatic carbocycles. The minimum absolute atomic E-state index is 0.111. The fourth-order valence-corrected chi connectivity index (χ4v) is 2.31. The summed E-state index contributed by atoms with van der Waals surface area (Å²) in [5.41, 5.74) is 1.98. The quantitative estimate of drug-likeness (QED) is 0.714.